The van der Waals surface area contributed by atoms with Crippen LogP contribution in [-0.2, 0) is 20.3 Å². The van der Waals surface area contributed by atoms with E-state index in [1.54, 1.807) is 0 Å². The fourth-order valence-corrected chi connectivity index (χ4v) is 8.99. The fraction of sp³-hybridized carbons (Fsp3) is 0.547. The first-order valence-corrected chi connectivity index (χ1v) is 22.0. The van der Waals surface area contributed by atoms with Crippen LogP contribution in [0.2, 0.25) is 0 Å². The third-order valence-electron chi connectivity index (χ3n) is 10.9. The van der Waals surface area contributed by atoms with E-state index < -0.39 is 0 Å². The Morgan fingerprint density at radius 1 is 0.426 bits per heavy atom. The molecular formula is C53H74F2O6. The smallest absolute Gasteiger partial charge is 0.189 e. The summed E-state index contributed by atoms with van der Waals surface area (Å²) >= 11 is 0. The van der Waals surface area contributed by atoms with Crippen LogP contribution in [0.15, 0.2) is 48.5 Å². The van der Waals surface area contributed by atoms with E-state index in [0.717, 1.165) is 46.2 Å². The molecule has 8 heteroatoms. The molecule has 0 saturated heterocycles. The molecule has 0 aliphatic heterocycles. The fourth-order valence-electron chi connectivity index (χ4n) is 8.99. The second kappa shape index (κ2) is 20.4. The van der Waals surface area contributed by atoms with Crippen LogP contribution in [0.1, 0.15) is 136 Å². The summed E-state index contributed by atoms with van der Waals surface area (Å²) in [7, 11) is 0. The second-order valence-corrected chi connectivity index (χ2v) is 20.3. The van der Waals surface area contributed by atoms with Gasteiger partial charge < -0.3 is 28.4 Å². The summed E-state index contributed by atoms with van der Waals surface area (Å²) in [5.41, 5.74) is 8.05. The Bertz CT molecular complexity index is 1950. The molecule has 0 spiro atoms. The molecule has 61 heavy (non-hydrogen) atoms. The van der Waals surface area contributed by atoms with Crippen molar-refractivity contribution in [3.05, 3.63) is 93.5 Å². The van der Waals surface area contributed by atoms with Gasteiger partial charge in [0.1, 0.15) is 34.6 Å². The molecule has 0 aromatic heterocycles. The highest BCUT2D eigenvalue weighted by Gasteiger charge is 2.31. The molecule has 6 nitrogen and oxygen atoms in total. The van der Waals surface area contributed by atoms with E-state index in [0.29, 0.717) is 64.9 Å². The second-order valence-electron chi connectivity index (χ2n) is 20.3. The molecular weight excluding hydrogens is 771 g/mol. The van der Waals surface area contributed by atoms with Gasteiger partial charge in [-0.15, -0.1) is 0 Å². The average Bonchev–Trinajstić information content (AvgIpc) is 3.11. The van der Waals surface area contributed by atoms with Crippen LogP contribution >= 0.6 is 0 Å². The Morgan fingerprint density at radius 2 is 0.738 bits per heavy atom. The van der Waals surface area contributed by atoms with E-state index in [4.69, 9.17) is 28.4 Å². The number of rotatable bonds is 20. The van der Waals surface area contributed by atoms with Crippen LogP contribution in [0.25, 0.3) is 22.3 Å². The lowest BCUT2D eigenvalue weighted by atomic mass is 9.71. The van der Waals surface area contributed by atoms with E-state index in [9.17, 15) is 0 Å². The highest BCUT2D eigenvalue weighted by Crippen LogP contribution is 2.47. The van der Waals surface area contributed by atoms with E-state index in [1.807, 2.05) is 41.5 Å². The van der Waals surface area contributed by atoms with Gasteiger partial charge in [-0.3, -0.25) is 0 Å². The zero-order valence-electron chi connectivity index (χ0n) is 40.2. The number of aryl methyl sites for hydroxylation is 4. The van der Waals surface area contributed by atoms with Crippen LogP contribution in [0.5, 0.6) is 23.0 Å². The Kier molecular flexibility index (Phi) is 16.5. The minimum Gasteiger partial charge on any atom is -0.493 e. The number of ether oxygens (including phenoxy) is 6. The molecule has 0 fully saturated rings. The van der Waals surface area contributed by atoms with E-state index >= 15 is 8.78 Å². The van der Waals surface area contributed by atoms with Gasteiger partial charge in [-0.1, -0.05) is 81.4 Å². The van der Waals surface area contributed by atoms with E-state index in [2.05, 4.69) is 93.5 Å². The molecule has 0 amide bonds. The van der Waals surface area contributed by atoms with Crippen molar-refractivity contribution in [2.24, 2.45) is 10.8 Å². The van der Waals surface area contributed by atoms with Gasteiger partial charge in [0.25, 0.3) is 0 Å². The lowest BCUT2D eigenvalue weighted by Crippen LogP contribution is -2.25. The van der Waals surface area contributed by atoms with Gasteiger partial charge in [-0.2, -0.15) is 0 Å². The summed E-state index contributed by atoms with van der Waals surface area (Å²) in [5.74, 6) is 1.70. The standard InChI is InChI=1S/C53H74F2O6/c1-17-56-32-60-48-34(3)22-38(52(13,14)30-50(7,8)9)26-42(48)44-28-40(54)24-36(5)46(44)58-20-19-21-59-47-37(6)25-41(55)29-45(47)43-27-39(53(15,16)31-51(10,11)12)23-35(4)49(43)61-33-57-18-2/h22-29H,17-21,30-33H2,1-16H3. The summed E-state index contributed by atoms with van der Waals surface area (Å²) in [6, 6.07) is 14.6. The summed E-state index contributed by atoms with van der Waals surface area (Å²) in [4.78, 5) is 0. The van der Waals surface area contributed by atoms with Crippen LogP contribution in [0, 0.1) is 50.2 Å². The molecule has 0 bridgehead atoms. The first kappa shape index (κ1) is 49.5. The molecule has 0 heterocycles. The van der Waals surface area contributed by atoms with Gasteiger partial charge in [0.05, 0.1) is 13.2 Å². The van der Waals surface area contributed by atoms with Crippen molar-refractivity contribution >= 4 is 0 Å². The quantitative estimate of drug-likeness (QED) is 0.0652. The average molecular weight is 845 g/mol. The monoisotopic (exact) mass is 845 g/mol. The Labute approximate surface area is 366 Å². The van der Waals surface area contributed by atoms with E-state index in [1.165, 1.54) is 24.3 Å². The molecule has 0 N–H and O–H groups in total. The molecule has 0 saturated carbocycles. The third-order valence-corrected chi connectivity index (χ3v) is 10.9. The van der Waals surface area contributed by atoms with Crippen molar-refractivity contribution < 1.29 is 37.2 Å². The first-order valence-electron chi connectivity index (χ1n) is 22.0. The van der Waals surface area contributed by atoms with Crippen molar-refractivity contribution in [3.63, 3.8) is 0 Å². The van der Waals surface area contributed by atoms with Crippen molar-refractivity contribution in [1.29, 1.82) is 0 Å². The van der Waals surface area contributed by atoms with Gasteiger partial charge in [0.2, 0.25) is 0 Å². The molecule has 4 aromatic carbocycles. The maximum atomic E-state index is 15.4. The molecule has 336 valence electrons. The predicted octanol–water partition coefficient (Wildman–Crippen LogP) is 14.6. The van der Waals surface area contributed by atoms with Gasteiger partial charge in [0.15, 0.2) is 13.6 Å². The molecule has 0 aliphatic rings. The van der Waals surface area contributed by atoms with Crippen molar-refractivity contribution in [2.45, 2.75) is 141 Å². The molecule has 0 aliphatic carbocycles. The summed E-state index contributed by atoms with van der Waals surface area (Å²) in [5, 5.41) is 0. The maximum absolute atomic E-state index is 15.4. The lowest BCUT2D eigenvalue weighted by Gasteiger charge is -2.34. The predicted molar refractivity (Wildman–Crippen MR) is 247 cm³/mol. The number of halogens is 2. The van der Waals surface area contributed by atoms with Crippen LogP contribution in [-0.4, -0.2) is 40.0 Å². The highest BCUT2D eigenvalue weighted by molar-refractivity contribution is 5.80. The van der Waals surface area contributed by atoms with E-state index in [-0.39, 0.29) is 60.1 Å². The van der Waals surface area contributed by atoms with Crippen LogP contribution < -0.4 is 18.9 Å². The third kappa shape index (κ3) is 13.4. The zero-order valence-corrected chi connectivity index (χ0v) is 40.2. The van der Waals surface area contributed by atoms with Gasteiger partial charge in [-0.25, -0.2) is 8.78 Å². The molecule has 0 atom stereocenters. The summed E-state index contributed by atoms with van der Waals surface area (Å²) in [6.07, 6.45) is 2.39. The summed E-state index contributed by atoms with van der Waals surface area (Å²) < 4.78 is 67.6. The lowest BCUT2D eigenvalue weighted by molar-refractivity contribution is 0.0221. The number of benzene rings is 4. The Balaban J connectivity index is 1.70. The minimum atomic E-state index is -0.360. The van der Waals surface area contributed by atoms with Crippen molar-refractivity contribution in [2.75, 3.05) is 40.0 Å². The van der Waals surface area contributed by atoms with Crippen LogP contribution in [0.4, 0.5) is 8.78 Å². The van der Waals surface area contributed by atoms with Crippen molar-refractivity contribution in [3.8, 4) is 45.3 Å². The largest absolute Gasteiger partial charge is 0.493 e. The first-order chi connectivity index (χ1) is 28.4. The topological polar surface area (TPSA) is 55.4 Å². The highest BCUT2D eigenvalue weighted by atomic mass is 19.1. The summed E-state index contributed by atoms with van der Waals surface area (Å²) in [6.45, 7) is 35.8. The van der Waals surface area contributed by atoms with Gasteiger partial charge in [0, 0.05) is 41.9 Å². The minimum absolute atomic E-state index is 0.0698. The van der Waals surface area contributed by atoms with Crippen molar-refractivity contribution in [1.82, 2.24) is 0 Å². The molecule has 0 unspecified atom stereocenters. The molecule has 4 rings (SSSR count). The zero-order chi connectivity index (χ0) is 45.5. The van der Waals surface area contributed by atoms with Gasteiger partial charge in [-0.05, 0) is 146 Å². The SMILES string of the molecule is CCOCOc1c(C)cc(C(C)(C)CC(C)(C)C)cc1-c1cc(F)cc(C)c1OCCCOc1c(C)cc(F)cc1-c1cc(C(C)(C)CC(C)(C)C)cc(C)c1OCOCC. The number of hydrogen-bond acceptors (Lipinski definition) is 6. The normalized spacial score (nSPS) is 12.5. The molecule has 4 aromatic rings. The Morgan fingerprint density at radius 3 is 1.07 bits per heavy atom. The number of hydrogen-bond donors (Lipinski definition) is 0. The Hall–Kier alpha value is -4.14. The van der Waals surface area contributed by atoms with Gasteiger partial charge >= 0.3 is 0 Å². The van der Waals surface area contributed by atoms with Crippen LogP contribution in [0.3, 0.4) is 0 Å². The molecule has 0 radical (unpaired) electrons. The maximum Gasteiger partial charge on any atom is 0.189 e.